The Bertz CT molecular complexity index is 689. The summed E-state index contributed by atoms with van der Waals surface area (Å²) in [5, 5.41) is 0. The van der Waals surface area contributed by atoms with Gasteiger partial charge in [0.25, 0.3) is 0 Å². The van der Waals surface area contributed by atoms with Crippen LogP contribution in [0.3, 0.4) is 0 Å². The van der Waals surface area contributed by atoms with Gasteiger partial charge < -0.3 is 15.4 Å². The molecular formula is C21H26N2O3. The van der Waals surface area contributed by atoms with Crippen molar-refractivity contribution in [1.29, 1.82) is 0 Å². The summed E-state index contributed by atoms with van der Waals surface area (Å²) in [4.78, 5) is 24.0. The summed E-state index contributed by atoms with van der Waals surface area (Å²) in [6.07, 6.45) is 1.26. The maximum Gasteiger partial charge on any atom is 0.404 e. The molecule has 2 N–H and O–H groups in total. The fourth-order valence-corrected chi connectivity index (χ4v) is 2.87. The highest BCUT2D eigenvalue weighted by Gasteiger charge is 2.29. The minimum atomic E-state index is -0.742. The van der Waals surface area contributed by atoms with Crippen molar-refractivity contribution in [2.24, 2.45) is 11.7 Å². The van der Waals surface area contributed by atoms with Gasteiger partial charge in [0.1, 0.15) is 6.61 Å². The molecule has 138 valence electrons. The van der Waals surface area contributed by atoms with Gasteiger partial charge in [-0.15, -0.1) is 0 Å². The van der Waals surface area contributed by atoms with Gasteiger partial charge in [-0.05, 0) is 24.0 Å². The summed E-state index contributed by atoms with van der Waals surface area (Å²) < 4.78 is 4.57. The molecule has 2 aromatic rings. The van der Waals surface area contributed by atoms with Crippen LogP contribution in [-0.4, -0.2) is 23.4 Å². The Morgan fingerprint density at radius 2 is 1.65 bits per heavy atom. The van der Waals surface area contributed by atoms with E-state index < -0.39 is 6.09 Å². The highest BCUT2D eigenvalue weighted by molar-refractivity contribution is 5.80. The molecule has 1 atom stereocenters. The zero-order chi connectivity index (χ0) is 18.8. The lowest BCUT2D eigenvalue weighted by Crippen LogP contribution is -2.26. The highest BCUT2D eigenvalue weighted by atomic mass is 16.5. The van der Waals surface area contributed by atoms with Crippen LogP contribution in [0.5, 0.6) is 0 Å². The third kappa shape index (κ3) is 6.24. The van der Waals surface area contributed by atoms with Gasteiger partial charge >= 0.3 is 6.09 Å². The van der Waals surface area contributed by atoms with Crippen LogP contribution in [0.25, 0.3) is 0 Å². The number of hydrogen-bond donors (Lipinski definition) is 1. The monoisotopic (exact) mass is 354 g/mol. The smallest absolute Gasteiger partial charge is 0.404 e. The third-order valence-corrected chi connectivity index (χ3v) is 4.34. The van der Waals surface area contributed by atoms with E-state index >= 15 is 0 Å². The van der Waals surface area contributed by atoms with E-state index in [2.05, 4.69) is 23.8 Å². The Morgan fingerprint density at radius 3 is 2.15 bits per heavy atom. The van der Waals surface area contributed by atoms with Crippen molar-refractivity contribution in [1.82, 2.24) is 4.90 Å². The summed E-state index contributed by atoms with van der Waals surface area (Å²) >= 11 is 0. The Labute approximate surface area is 154 Å². The normalized spacial score (nSPS) is 16.0. The number of hydrogen-bond acceptors (Lipinski definition) is 3. The van der Waals surface area contributed by atoms with Gasteiger partial charge in [0.05, 0.1) is 0 Å². The first kappa shape index (κ1) is 19.5. The van der Waals surface area contributed by atoms with Crippen LogP contribution in [0.2, 0.25) is 0 Å². The van der Waals surface area contributed by atoms with Gasteiger partial charge in [-0.2, -0.15) is 0 Å². The van der Waals surface area contributed by atoms with Crippen LogP contribution in [0.15, 0.2) is 60.7 Å². The van der Waals surface area contributed by atoms with Crippen molar-refractivity contribution < 1.29 is 14.3 Å². The largest absolute Gasteiger partial charge is 0.445 e. The number of amides is 2. The van der Waals surface area contributed by atoms with E-state index in [9.17, 15) is 9.59 Å². The number of nitrogens with two attached hydrogens (primary N) is 1. The average Bonchev–Trinajstić information content (AvgIpc) is 3.02. The molecule has 26 heavy (non-hydrogen) atoms. The Morgan fingerprint density at radius 1 is 1.08 bits per heavy atom. The molecule has 5 heteroatoms. The zero-order valence-corrected chi connectivity index (χ0v) is 15.1. The molecule has 1 heterocycles. The lowest BCUT2D eigenvalue weighted by Gasteiger charge is -2.16. The van der Waals surface area contributed by atoms with E-state index in [-0.39, 0.29) is 12.5 Å². The van der Waals surface area contributed by atoms with E-state index in [0.717, 1.165) is 31.5 Å². The molecule has 0 radical (unpaired) electrons. The lowest BCUT2D eigenvalue weighted by molar-refractivity contribution is -0.131. The Hall–Kier alpha value is -2.82. The zero-order valence-electron chi connectivity index (χ0n) is 15.1. The minimum absolute atomic E-state index is 0.246. The molecule has 0 bridgehead atoms. The summed E-state index contributed by atoms with van der Waals surface area (Å²) in [5.74, 6) is 0.607. The Balaban J connectivity index is 0.000000197. The number of ether oxygens (including phenoxy) is 1. The number of likely N-dealkylation sites (tertiary alicyclic amines) is 1. The third-order valence-electron chi connectivity index (χ3n) is 4.34. The van der Waals surface area contributed by atoms with Crippen LogP contribution in [0.4, 0.5) is 4.79 Å². The minimum Gasteiger partial charge on any atom is -0.445 e. The van der Waals surface area contributed by atoms with Gasteiger partial charge in [-0.3, -0.25) is 4.79 Å². The van der Waals surface area contributed by atoms with Crippen molar-refractivity contribution in [2.45, 2.75) is 32.9 Å². The van der Waals surface area contributed by atoms with Crippen molar-refractivity contribution in [3.63, 3.8) is 0 Å². The fraction of sp³-hybridized carbons (Fsp3) is 0.333. The molecule has 1 aliphatic heterocycles. The summed E-state index contributed by atoms with van der Waals surface area (Å²) in [7, 11) is 0. The topological polar surface area (TPSA) is 72.6 Å². The molecule has 1 unspecified atom stereocenters. The second-order valence-electron chi connectivity index (χ2n) is 6.23. The molecule has 0 aliphatic carbocycles. The van der Waals surface area contributed by atoms with Gasteiger partial charge in [0.15, 0.2) is 0 Å². The molecule has 2 amide bonds. The van der Waals surface area contributed by atoms with Gasteiger partial charge in [0.2, 0.25) is 5.91 Å². The molecular weight excluding hydrogens is 328 g/mol. The molecule has 0 aromatic heterocycles. The van der Waals surface area contributed by atoms with Crippen LogP contribution in [0.1, 0.15) is 30.9 Å². The number of carbonyl (C=O) groups excluding carboxylic acids is 2. The molecule has 2 aromatic carbocycles. The number of benzene rings is 2. The average molecular weight is 354 g/mol. The van der Waals surface area contributed by atoms with Gasteiger partial charge in [-0.25, -0.2) is 4.79 Å². The predicted octanol–water partition coefficient (Wildman–Crippen LogP) is 3.73. The first-order valence-corrected chi connectivity index (χ1v) is 8.89. The molecule has 1 fully saturated rings. The lowest BCUT2D eigenvalue weighted by atomic mass is 10.1. The quantitative estimate of drug-likeness (QED) is 0.889. The van der Waals surface area contributed by atoms with Crippen molar-refractivity contribution in [3.8, 4) is 0 Å². The predicted molar refractivity (Wildman–Crippen MR) is 101 cm³/mol. The molecule has 3 rings (SSSR count). The van der Waals surface area contributed by atoms with E-state index in [4.69, 9.17) is 5.73 Å². The van der Waals surface area contributed by atoms with Crippen LogP contribution >= 0.6 is 0 Å². The SMILES string of the molecule is CCC1CCN(Cc2ccccc2)C1=O.NC(=O)OCc1ccccc1. The number of carbonyl (C=O) groups is 2. The molecule has 1 saturated heterocycles. The fourth-order valence-electron chi connectivity index (χ4n) is 2.87. The van der Waals surface area contributed by atoms with Crippen molar-refractivity contribution >= 4 is 12.0 Å². The molecule has 0 saturated carbocycles. The van der Waals surface area contributed by atoms with Crippen molar-refractivity contribution in [2.75, 3.05) is 6.54 Å². The Kier molecular flexibility index (Phi) is 7.68. The van der Waals surface area contributed by atoms with E-state index in [1.807, 2.05) is 53.4 Å². The highest BCUT2D eigenvalue weighted by Crippen LogP contribution is 2.22. The van der Waals surface area contributed by atoms with Crippen molar-refractivity contribution in [3.05, 3.63) is 71.8 Å². The number of rotatable bonds is 5. The second-order valence-corrected chi connectivity index (χ2v) is 6.23. The molecule has 0 spiro atoms. The first-order chi connectivity index (χ1) is 12.6. The number of nitrogens with zero attached hydrogens (tertiary/aromatic N) is 1. The maximum atomic E-state index is 11.9. The standard InChI is InChI=1S/C13H17NO.C8H9NO2/c1-2-12-8-9-14(13(12)15)10-11-6-4-3-5-7-11;9-8(10)11-6-7-4-2-1-3-5-7/h3-7,12H,2,8-10H2,1H3;1-5H,6H2,(H2,9,10). The van der Waals surface area contributed by atoms with Crippen LogP contribution in [-0.2, 0) is 22.7 Å². The van der Waals surface area contributed by atoms with E-state index in [0.29, 0.717) is 5.91 Å². The van der Waals surface area contributed by atoms with E-state index in [1.165, 1.54) is 5.56 Å². The summed E-state index contributed by atoms with van der Waals surface area (Å²) in [6, 6.07) is 19.6. The number of primary amides is 1. The van der Waals surface area contributed by atoms with E-state index in [1.54, 1.807) is 0 Å². The van der Waals surface area contributed by atoms with Gasteiger partial charge in [-0.1, -0.05) is 67.6 Å². The summed E-state index contributed by atoms with van der Waals surface area (Å²) in [5.41, 5.74) is 6.94. The molecule has 5 nitrogen and oxygen atoms in total. The van der Waals surface area contributed by atoms with Crippen LogP contribution < -0.4 is 5.73 Å². The second kappa shape index (κ2) is 10.2. The first-order valence-electron chi connectivity index (χ1n) is 8.89. The van der Waals surface area contributed by atoms with Crippen LogP contribution in [0, 0.1) is 5.92 Å². The summed E-state index contributed by atoms with van der Waals surface area (Å²) in [6.45, 7) is 4.03. The molecule has 1 aliphatic rings. The maximum absolute atomic E-state index is 11.9. The van der Waals surface area contributed by atoms with Gasteiger partial charge in [0, 0.05) is 19.0 Å².